The highest BCUT2D eigenvalue weighted by Crippen LogP contribution is 2.43. The fourth-order valence-electron chi connectivity index (χ4n) is 3.81. The van der Waals surface area contributed by atoms with E-state index in [1.165, 1.54) is 18.6 Å². The number of nitrogens with one attached hydrogen (secondary N) is 1. The van der Waals surface area contributed by atoms with E-state index in [2.05, 4.69) is 12.2 Å². The summed E-state index contributed by atoms with van der Waals surface area (Å²) in [5.74, 6) is 0.801. The van der Waals surface area contributed by atoms with Crippen molar-refractivity contribution in [2.24, 2.45) is 11.8 Å². The molecule has 118 valence electrons. The zero-order valence-electron chi connectivity index (χ0n) is 12.7. The first-order chi connectivity index (χ1) is 9.99. The second-order valence-electron chi connectivity index (χ2n) is 5.97. The summed E-state index contributed by atoms with van der Waals surface area (Å²) in [7, 11) is 1.78. The SMILES string of the molecule is CCC1CCCCC1C(NC)c1ccccc1C(F)(F)F. The van der Waals surface area contributed by atoms with Gasteiger partial charge in [-0.2, -0.15) is 13.2 Å². The van der Waals surface area contributed by atoms with Crippen LogP contribution in [-0.2, 0) is 6.18 Å². The predicted molar refractivity (Wildman–Crippen MR) is 79.0 cm³/mol. The zero-order chi connectivity index (χ0) is 15.5. The lowest BCUT2D eigenvalue weighted by molar-refractivity contribution is -0.138. The normalized spacial score (nSPS) is 24.8. The van der Waals surface area contributed by atoms with E-state index in [9.17, 15) is 13.2 Å². The van der Waals surface area contributed by atoms with Gasteiger partial charge in [0.25, 0.3) is 0 Å². The minimum atomic E-state index is -4.29. The summed E-state index contributed by atoms with van der Waals surface area (Å²) in [4.78, 5) is 0. The van der Waals surface area contributed by atoms with Gasteiger partial charge in [-0.3, -0.25) is 0 Å². The summed E-state index contributed by atoms with van der Waals surface area (Å²) in [5.41, 5.74) is -0.0948. The molecule has 1 aliphatic carbocycles. The molecule has 1 aromatic rings. The van der Waals surface area contributed by atoms with Crippen LogP contribution in [0.25, 0.3) is 0 Å². The third kappa shape index (κ3) is 3.60. The van der Waals surface area contributed by atoms with Crippen molar-refractivity contribution in [1.82, 2.24) is 5.32 Å². The minimum Gasteiger partial charge on any atom is -0.313 e. The van der Waals surface area contributed by atoms with Crippen molar-refractivity contribution in [2.75, 3.05) is 7.05 Å². The maximum Gasteiger partial charge on any atom is 0.416 e. The molecule has 1 aliphatic rings. The number of halogens is 3. The Hall–Kier alpha value is -1.03. The summed E-state index contributed by atoms with van der Waals surface area (Å²) in [6, 6.07) is 5.79. The largest absolute Gasteiger partial charge is 0.416 e. The van der Waals surface area contributed by atoms with Gasteiger partial charge in [-0.1, -0.05) is 50.8 Å². The molecule has 0 spiro atoms. The van der Waals surface area contributed by atoms with E-state index < -0.39 is 11.7 Å². The predicted octanol–water partition coefficient (Wildman–Crippen LogP) is 5.18. The van der Waals surface area contributed by atoms with Crippen molar-refractivity contribution in [2.45, 2.75) is 51.2 Å². The Morgan fingerprint density at radius 3 is 2.48 bits per heavy atom. The molecule has 3 atom stereocenters. The molecule has 1 nitrogen and oxygen atoms in total. The van der Waals surface area contributed by atoms with Crippen molar-refractivity contribution < 1.29 is 13.2 Å². The maximum atomic E-state index is 13.3. The van der Waals surface area contributed by atoms with E-state index in [0.29, 0.717) is 11.5 Å². The number of hydrogen-bond donors (Lipinski definition) is 1. The molecular formula is C17H24F3N. The molecule has 0 saturated heterocycles. The number of rotatable bonds is 4. The van der Waals surface area contributed by atoms with Gasteiger partial charge >= 0.3 is 6.18 Å². The first kappa shape index (κ1) is 16.3. The highest BCUT2D eigenvalue weighted by atomic mass is 19.4. The van der Waals surface area contributed by atoms with Crippen LogP contribution in [-0.4, -0.2) is 7.05 Å². The molecule has 0 heterocycles. The Balaban J connectivity index is 2.37. The second-order valence-corrected chi connectivity index (χ2v) is 5.97. The number of hydrogen-bond acceptors (Lipinski definition) is 1. The molecule has 0 aromatic heterocycles. The third-order valence-corrected chi connectivity index (χ3v) is 4.83. The quantitative estimate of drug-likeness (QED) is 0.807. The van der Waals surface area contributed by atoms with Gasteiger partial charge in [0.1, 0.15) is 0 Å². The van der Waals surface area contributed by atoms with Crippen LogP contribution in [0.3, 0.4) is 0 Å². The molecule has 0 aliphatic heterocycles. The average molecular weight is 299 g/mol. The summed E-state index contributed by atoms with van der Waals surface area (Å²) < 4.78 is 39.8. The van der Waals surface area contributed by atoms with E-state index >= 15 is 0 Å². The van der Waals surface area contributed by atoms with Crippen LogP contribution < -0.4 is 5.32 Å². The molecule has 4 heteroatoms. The standard InChI is InChI=1S/C17H24F3N/c1-3-12-8-4-5-9-13(12)16(21-2)14-10-6-7-11-15(14)17(18,19)20/h6-7,10-13,16,21H,3-5,8-9H2,1-2H3. The van der Waals surface area contributed by atoms with Gasteiger partial charge in [0.2, 0.25) is 0 Å². The van der Waals surface area contributed by atoms with Gasteiger partial charge in [-0.15, -0.1) is 0 Å². The van der Waals surface area contributed by atoms with Crippen molar-refractivity contribution in [3.05, 3.63) is 35.4 Å². The van der Waals surface area contributed by atoms with E-state index in [-0.39, 0.29) is 12.0 Å². The molecule has 1 N–H and O–H groups in total. The van der Waals surface area contributed by atoms with Gasteiger partial charge in [-0.25, -0.2) is 0 Å². The topological polar surface area (TPSA) is 12.0 Å². The average Bonchev–Trinajstić information content (AvgIpc) is 2.48. The molecule has 0 bridgehead atoms. The fraction of sp³-hybridized carbons (Fsp3) is 0.647. The number of benzene rings is 1. The van der Waals surface area contributed by atoms with Crippen molar-refractivity contribution in [1.29, 1.82) is 0 Å². The Bertz CT molecular complexity index is 456. The van der Waals surface area contributed by atoms with Gasteiger partial charge in [0.05, 0.1) is 5.56 Å². The molecule has 1 fully saturated rings. The summed E-state index contributed by atoms with van der Waals surface area (Å²) in [6.07, 6.45) is 1.21. The summed E-state index contributed by atoms with van der Waals surface area (Å²) in [6.45, 7) is 2.14. The molecule has 0 radical (unpaired) electrons. The molecule has 3 unspecified atom stereocenters. The lowest BCUT2D eigenvalue weighted by atomic mass is 9.72. The Morgan fingerprint density at radius 1 is 1.19 bits per heavy atom. The Morgan fingerprint density at radius 2 is 1.86 bits per heavy atom. The van der Waals surface area contributed by atoms with Crippen molar-refractivity contribution >= 4 is 0 Å². The first-order valence-electron chi connectivity index (χ1n) is 7.82. The smallest absolute Gasteiger partial charge is 0.313 e. The lowest BCUT2D eigenvalue weighted by Crippen LogP contribution is -2.34. The zero-order valence-corrected chi connectivity index (χ0v) is 12.7. The summed E-state index contributed by atoms with van der Waals surface area (Å²) >= 11 is 0. The van der Waals surface area contributed by atoms with Crippen molar-refractivity contribution in [3.8, 4) is 0 Å². The Kier molecular flexibility index (Phi) is 5.31. The first-order valence-corrected chi connectivity index (χ1v) is 7.82. The van der Waals surface area contributed by atoms with Crippen LogP contribution in [0.5, 0.6) is 0 Å². The van der Waals surface area contributed by atoms with Crippen LogP contribution in [0.4, 0.5) is 13.2 Å². The van der Waals surface area contributed by atoms with Gasteiger partial charge < -0.3 is 5.32 Å². The Labute approximate surface area is 124 Å². The maximum absolute atomic E-state index is 13.3. The van der Waals surface area contributed by atoms with Crippen LogP contribution >= 0.6 is 0 Å². The highest BCUT2D eigenvalue weighted by molar-refractivity contribution is 5.33. The van der Waals surface area contributed by atoms with E-state index in [0.717, 1.165) is 25.7 Å². The van der Waals surface area contributed by atoms with E-state index in [1.54, 1.807) is 19.2 Å². The van der Waals surface area contributed by atoms with Gasteiger partial charge in [0, 0.05) is 6.04 Å². The lowest BCUT2D eigenvalue weighted by Gasteiger charge is -2.38. The van der Waals surface area contributed by atoms with Gasteiger partial charge in [-0.05, 0) is 36.9 Å². The highest BCUT2D eigenvalue weighted by Gasteiger charge is 2.38. The van der Waals surface area contributed by atoms with Crippen LogP contribution in [0.1, 0.15) is 56.2 Å². The van der Waals surface area contributed by atoms with Gasteiger partial charge in [0.15, 0.2) is 0 Å². The molecule has 2 rings (SSSR count). The van der Waals surface area contributed by atoms with Crippen LogP contribution in [0.2, 0.25) is 0 Å². The molecule has 0 amide bonds. The fourth-order valence-corrected chi connectivity index (χ4v) is 3.81. The molecule has 1 saturated carbocycles. The molecule has 21 heavy (non-hydrogen) atoms. The molecule has 1 aromatic carbocycles. The monoisotopic (exact) mass is 299 g/mol. The van der Waals surface area contributed by atoms with E-state index in [4.69, 9.17) is 0 Å². The van der Waals surface area contributed by atoms with Crippen LogP contribution in [0.15, 0.2) is 24.3 Å². The van der Waals surface area contributed by atoms with E-state index in [1.807, 2.05) is 0 Å². The summed E-state index contributed by atoms with van der Waals surface area (Å²) in [5, 5.41) is 3.16. The van der Waals surface area contributed by atoms with Crippen molar-refractivity contribution in [3.63, 3.8) is 0 Å². The van der Waals surface area contributed by atoms with Crippen LogP contribution in [0, 0.1) is 11.8 Å². The molecular weight excluding hydrogens is 275 g/mol. The minimum absolute atomic E-state index is 0.215. The number of alkyl halides is 3. The second kappa shape index (κ2) is 6.82. The third-order valence-electron chi connectivity index (χ3n) is 4.83.